The fourth-order valence-corrected chi connectivity index (χ4v) is 1.30. The molecule has 4 nitrogen and oxygen atoms in total. The second-order valence-electron chi connectivity index (χ2n) is 3.25. The van der Waals surface area contributed by atoms with Crippen LogP contribution in [-0.4, -0.2) is 25.7 Å². The third-order valence-corrected chi connectivity index (χ3v) is 2.07. The third kappa shape index (κ3) is 5.11. The van der Waals surface area contributed by atoms with Crippen molar-refractivity contribution in [3.05, 3.63) is 29.3 Å². The Balaban J connectivity index is 2.29. The van der Waals surface area contributed by atoms with Crippen LogP contribution in [0.1, 0.15) is 6.42 Å². The van der Waals surface area contributed by atoms with E-state index in [-0.39, 0.29) is 12.5 Å². The molecule has 0 fully saturated rings. The maximum atomic E-state index is 11.4. The van der Waals surface area contributed by atoms with Crippen molar-refractivity contribution in [2.45, 2.75) is 6.42 Å². The lowest BCUT2D eigenvalue weighted by atomic mass is 10.3. The van der Waals surface area contributed by atoms with E-state index in [1.165, 1.54) is 0 Å². The van der Waals surface area contributed by atoms with Gasteiger partial charge in [-0.05, 0) is 31.2 Å². The van der Waals surface area contributed by atoms with Gasteiger partial charge in [-0.25, -0.2) is 0 Å². The molecule has 1 amide bonds. The lowest BCUT2D eigenvalue weighted by molar-refractivity contribution is -0.120. The van der Waals surface area contributed by atoms with Crippen LogP contribution in [0.25, 0.3) is 0 Å². The lowest BCUT2D eigenvalue weighted by Gasteiger charge is -2.06. The molecule has 0 aliphatic carbocycles. The van der Waals surface area contributed by atoms with Crippen molar-refractivity contribution in [3.63, 3.8) is 0 Å². The fraction of sp³-hybridized carbons (Fsp3) is 0.364. The van der Waals surface area contributed by atoms with Crippen LogP contribution in [-0.2, 0) is 9.53 Å². The van der Waals surface area contributed by atoms with Crippen LogP contribution in [0.5, 0.6) is 0 Å². The van der Waals surface area contributed by atoms with Gasteiger partial charge in [0.15, 0.2) is 0 Å². The molecule has 0 bridgehead atoms. The Morgan fingerprint density at radius 3 is 3.00 bits per heavy atom. The molecule has 0 aliphatic rings. The van der Waals surface area contributed by atoms with Gasteiger partial charge in [0.2, 0.25) is 5.91 Å². The highest BCUT2D eigenvalue weighted by Gasteiger charge is 2.02. The molecule has 0 saturated heterocycles. The molecule has 1 aromatic carbocycles. The van der Waals surface area contributed by atoms with Crippen LogP contribution in [0.4, 0.5) is 5.69 Å². The number of anilines is 1. The van der Waals surface area contributed by atoms with Gasteiger partial charge in [-0.15, -0.1) is 0 Å². The molecule has 0 radical (unpaired) electrons. The summed E-state index contributed by atoms with van der Waals surface area (Å²) in [7, 11) is 0. The molecule has 0 unspecified atom stereocenters. The van der Waals surface area contributed by atoms with Crippen molar-refractivity contribution in [2.24, 2.45) is 5.73 Å². The Bertz CT molecular complexity index is 345. The van der Waals surface area contributed by atoms with Crippen LogP contribution in [0, 0.1) is 0 Å². The average Bonchev–Trinajstić information content (AvgIpc) is 2.24. The van der Waals surface area contributed by atoms with Crippen LogP contribution in [0.15, 0.2) is 24.3 Å². The van der Waals surface area contributed by atoms with E-state index in [9.17, 15) is 4.79 Å². The van der Waals surface area contributed by atoms with E-state index >= 15 is 0 Å². The van der Waals surface area contributed by atoms with E-state index < -0.39 is 0 Å². The molecule has 0 aliphatic heterocycles. The van der Waals surface area contributed by atoms with Crippen molar-refractivity contribution < 1.29 is 9.53 Å². The normalized spacial score (nSPS) is 10.1. The molecule has 1 aromatic rings. The van der Waals surface area contributed by atoms with Crippen LogP contribution < -0.4 is 11.1 Å². The number of hydrogen-bond donors (Lipinski definition) is 2. The van der Waals surface area contributed by atoms with Gasteiger partial charge in [-0.3, -0.25) is 4.79 Å². The van der Waals surface area contributed by atoms with Gasteiger partial charge < -0.3 is 15.8 Å². The first-order chi connectivity index (χ1) is 7.72. The molecule has 16 heavy (non-hydrogen) atoms. The van der Waals surface area contributed by atoms with Gasteiger partial charge in [0, 0.05) is 17.3 Å². The van der Waals surface area contributed by atoms with Gasteiger partial charge in [-0.2, -0.15) is 0 Å². The van der Waals surface area contributed by atoms with E-state index in [2.05, 4.69) is 5.32 Å². The van der Waals surface area contributed by atoms with Crippen LogP contribution >= 0.6 is 11.6 Å². The first-order valence-corrected chi connectivity index (χ1v) is 5.43. The highest BCUT2D eigenvalue weighted by atomic mass is 35.5. The number of nitrogens with two attached hydrogens (primary N) is 1. The zero-order chi connectivity index (χ0) is 11.8. The molecule has 0 aromatic heterocycles. The van der Waals surface area contributed by atoms with Crippen LogP contribution in [0.2, 0.25) is 5.02 Å². The maximum absolute atomic E-state index is 11.4. The topological polar surface area (TPSA) is 64.3 Å². The van der Waals surface area contributed by atoms with Crippen molar-refractivity contribution in [1.82, 2.24) is 0 Å². The molecule has 0 spiro atoms. The van der Waals surface area contributed by atoms with E-state index in [1.807, 2.05) is 0 Å². The first-order valence-electron chi connectivity index (χ1n) is 5.05. The highest BCUT2D eigenvalue weighted by Crippen LogP contribution is 2.14. The largest absolute Gasteiger partial charge is 0.372 e. The van der Waals surface area contributed by atoms with Gasteiger partial charge in [0.05, 0.1) is 0 Å². The van der Waals surface area contributed by atoms with E-state index in [0.29, 0.717) is 23.9 Å². The molecular formula is C11H15ClN2O2. The summed E-state index contributed by atoms with van der Waals surface area (Å²) >= 11 is 5.78. The quantitative estimate of drug-likeness (QED) is 0.746. The van der Waals surface area contributed by atoms with Gasteiger partial charge in [-0.1, -0.05) is 17.7 Å². The van der Waals surface area contributed by atoms with E-state index in [4.69, 9.17) is 22.1 Å². The zero-order valence-corrected chi connectivity index (χ0v) is 9.67. The summed E-state index contributed by atoms with van der Waals surface area (Å²) in [4.78, 5) is 11.4. The summed E-state index contributed by atoms with van der Waals surface area (Å²) in [5, 5.41) is 3.27. The molecule has 0 saturated carbocycles. The monoisotopic (exact) mass is 242 g/mol. The van der Waals surface area contributed by atoms with Crippen molar-refractivity contribution in [2.75, 3.05) is 25.1 Å². The Morgan fingerprint density at radius 1 is 1.50 bits per heavy atom. The number of nitrogens with one attached hydrogen (secondary N) is 1. The second-order valence-corrected chi connectivity index (χ2v) is 3.69. The minimum Gasteiger partial charge on any atom is -0.372 e. The zero-order valence-electron chi connectivity index (χ0n) is 8.91. The minimum absolute atomic E-state index is 0.0342. The number of rotatable bonds is 6. The van der Waals surface area contributed by atoms with Crippen molar-refractivity contribution in [1.29, 1.82) is 0 Å². The molecule has 3 N–H and O–H groups in total. The van der Waals surface area contributed by atoms with E-state index in [0.717, 1.165) is 6.42 Å². The van der Waals surface area contributed by atoms with Crippen LogP contribution in [0.3, 0.4) is 0 Å². The summed E-state index contributed by atoms with van der Waals surface area (Å²) in [6, 6.07) is 6.96. The highest BCUT2D eigenvalue weighted by molar-refractivity contribution is 6.30. The summed E-state index contributed by atoms with van der Waals surface area (Å²) in [6.45, 7) is 1.10. The predicted octanol–water partition coefficient (Wildman–Crippen LogP) is 1.64. The molecule has 1 rings (SSSR count). The standard InChI is InChI=1S/C11H15ClN2O2/c12-9-3-1-4-10(7-9)14-11(15)8-16-6-2-5-13/h1,3-4,7H,2,5-6,8,13H2,(H,14,15). The molecule has 88 valence electrons. The molecule has 0 heterocycles. The van der Waals surface area contributed by atoms with Gasteiger partial charge in [0.25, 0.3) is 0 Å². The third-order valence-electron chi connectivity index (χ3n) is 1.83. The Morgan fingerprint density at radius 2 is 2.31 bits per heavy atom. The molecule has 5 heteroatoms. The Labute approximate surface area is 99.7 Å². The van der Waals surface area contributed by atoms with Gasteiger partial charge in [0.1, 0.15) is 6.61 Å². The second kappa shape index (κ2) is 7.22. The minimum atomic E-state index is -0.195. The summed E-state index contributed by atoms with van der Waals surface area (Å²) in [5.41, 5.74) is 5.96. The molecule has 0 atom stereocenters. The summed E-state index contributed by atoms with van der Waals surface area (Å²) < 4.78 is 5.11. The number of benzene rings is 1. The van der Waals surface area contributed by atoms with Gasteiger partial charge >= 0.3 is 0 Å². The summed E-state index contributed by atoms with van der Waals surface area (Å²) in [5.74, 6) is -0.195. The number of ether oxygens (including phenoxy) is 1. The predicted molar refractivity (Wildman–Crippen MR) is 64.6 cm³/mol. The van der Waals surface area contributed by atoms with Crippen molar-refractivity contribution in [3.8, 4) is 0 Å². The smallest absolute Gasteiger partial charge is 0.250 e. The number of carbonyl (C=O) groups is 1. The fourth-order valence-electron chi connectivity index (χ4n) is 1.11. The Kier molecular flexibility index (Phi) is 5.85. The molecular weight excluding hydrogens is 228 g/mol. The Hall–Kier alpha value is -1.10. The number of halogens is 1. The average molecular weight is 243 g/mol. The number of hydrogen-bond acceptors (Lipinski definition) is 3. The van der Waals surface area contributed by atoms with Crippen molar-refractivity contribution >= 4 is 23.2 Å². The SMILES string of the molecule is NCCCOCC(=O)Nc1cccc(Cl)c1. The first kappa shape index (κ1) is 13.0. The summed E-state index contributed by atoms with van der Waals surface area (Å²) in [6.07, 6.45) is 0.754. The lowest BCUT2D eigenvalue weighted by Crippen LogP contribution is -2.19. The maximum Gasteiger partial charge on any atom is 0.250 e. The number of amides is 1. The number of carbonyl (C=O) groups excluding carboxylic acids is 1. The van der Waals surface area contributed by atoms with E-state index in [1.54, 1.807) is 24.3 Å².